The number of rotatable bonds is 3. The lowest BCUT2D eigenvalue weighted by Gasteiger charge is -2.30. The third-order valence-corrected chi connectivity index (χ3v) is 5.25. The number of benzene rings is 1. The van der Waals surface area contributed by atoms with Gasteiger partial charge >= 0.3 is 6.18 Å². The number of aryl methyl sites for hydroxylation is 1. The van der Waals surface area contributed by atoms with Crippen LogP contribution in [0, 0.1) is 12.7 Å². The van der Waals surface area contributed by atoms with Gasteiger partial charge < -0.3 is 9.88 Å². The van der Waals surface area contributed by atoms with Crippen LogP contribution in [-0.2, 0) is 6.18 Å². The number of halogens is 4. The van der Waals surface area contributed by atoms with Crippen molar-refractivity contribution < 1.29 is 22.4 Å². The van der Waals surface area contributed by atoms with Gasteiger partial charge in [0.25, 0.3) is 5.91 Å². The van der Waals surface area contributed by atoms with E-state index in [9.17, 15) is 22.4 Å². The van der Waals surface area contributed by atoms with E-state index in [2.05, 4.69) is 15.1 Å². The normalized spacial score (nSPS) is 15.6. The van der Waals surface area contributed by atoms with E-state index in [1.54, 1.807) is 34.7 Å². The molecule has 0 aliphatic carbocycles. The standard InChI is InChI=1S/C20H19F4N5O/c1-12-10-16(27-29(12)15-4-2-14(21)3-5-15)19(30)28-8-6-13(7-9-28)18-25-11-17(26-18)20(22,23)24/h2-5,10-11,13H,6-9H2,1H3,(H,25,26). The van der Waals surface area contributed by atoms with Crippen LogP contribution in [0.5, 0.6) is 0 Å². The molecule has 0 saturated carbocycles. The Morgan fingerprint density at radius 2 is 1.83 bits per heavy atom. The molecule has 6 nitrogen and oxygen atoms in total. The maximum absolute atomic E-state index is 13.1. The van der Waals surface area contributed by atoms with E-state index in [1.807, 2.05) is 0 Å². The van der Waals surface area contributed by atoms with E-state index in [-0.39, 0.29) is 23.3 Å². The number of aromatic amines is 1. The number of H-pyrrole nitrogens is 1. The summed E-state index contributed by atoms with van der Waals surface area (Å²) in [7, 11) is 0. The minimum absolute atomic E-state index is 0.163. The van der Waals surface area contributed by atoms with Gasteiger partial charge in [-0.1, -0.05) is 0 Å². The fourth-order valence-corrected chi connectivity index (χ4v) is 3.63. The molecule has 1 aliphatic heterocycles. The van der Waals surface area contributed by atoms with Crippen molar-refractivity contribution in [2.45, 2.75) is 31.9 Å². The number of aromatic nitrogens is 4. The summed E-state index contributed by atoms with van der Waals surface area (Å²) < 4.78 is 53.0. The van der Waals surface area contributed by atoms with Gasteiger partial charge in [-0.15, -0.1) is 0 Å². The predicted molar refractivity (Wildman–Crippen MR) is 99.7 cm³/mol. The Kier molecular flexibility index (Phi) is 5.08. The molecule has 3 aromatic rings. The summed E-state index contributed by atoms with van der Waals surface area (Å²) in [4.78, 5) is 20.7. The number of carbonyl (C=O) groups excluding carboxylic acids is 1. The van der Waals surface area contributed by atoms with Gasteiger partial charge in [-0.3, -0.25) is 4.79 Å². The van der Waals surface area contributed by atoms with Gasteiger partial charge in [0.15, 0.2) is 5.69 Å². The second kappa shape index (κ2) is 7.58. The third kappa shape index (κ3) is 3.94. The second-order valence-corrected chi connectivity index (χ2v) is 7.31. The zero-order chi connectivity index (χ0) is 21.5. The number of nitrogens with one attached hydrogen (secondary N) is 1. The highest BCUT2D eigenvalue weighted by Gasteiger charge is 2.34. The first kappa shape index (κ1) is 20.1. The van der Waals surface area contributed by atoms with Crippen molar-refractivity contribution in [3.05, 3.63) is 65.3 Å². The average Bonchev–Trinajstić information content (AvgIpc) is 3.35. The quantitative estimate of drug-likeness (QED) is 0.648. The Balaban J connectivity index is 1.43. The fourth-order valence-electron chi connectivity index (χ4n) is 3.63. The first-order chi connectivity index (χ1) is 14.2. The van der Waals surface area contributed by atoms with Crippen molar-refractivity contribution in [1.29, 1.82) is 0 Å². The Bertz CT molecular complexity index is 1050. The molecule has 158 valence electrons. The van der Waals surface area contributed by atoms with Crippen LogP contribution in [0.4, 0.5) is 17.6 Å². The molecular weight excluding hydrogens is 402 g/mol. The van der Waals surface area contributed by atoms with Crippen LogP contribution in [0.2, 0.25) is 0 Å². The molecule has 4 rings (SSSR count). The lowest BCUT2D eigenvalue weighted by atomic mass is 9.96. The number of imidazole rings is 1. The lowest BCUT2D eigenvalue weighted by Crippen LogP contribution is -2.38. The highest BCUT2D eigenvalue weighted by atomic mass is 19.4. The minimum atomic E-state index is -4.46. The molecule has 1 N–H and O–H groups in total. The van der Waals surface area contributed by atoms with Crippen LogP contribution in [0.1, 0.15) is 46.5 Å². The number of hydrogen-bond acceptors (Lipinski definition) is 3. The summed E-state index contributed by atoms with van der Waals surface area (Å²) in [5.74, 6) is -0.469. The van der Waals surface area contributed by atoms with Gasteiger partial charge in [0.1, 0.15) is 17.3 Å². The molecule has 3 heterocycles. The van der Waals surface area contributed by atoms with Crippen LogP contribution in [0.15, 0.2) is 36.5 Å². The van der Waals surface area contributed by atoms with Crippen molar-refractivity contribution >= 4 is 5.91 Å². The molecule has 2 aromatic heterocycles. The van der Waals surface area contributed by atoms with Gasteiger partial charge in [0.05, 0.1) is 11.9 Å². The summed E-state index contributed by atoms with van der Waals surface area (Å²) in [6, 6.07) is 7.46. The molecule has 0 spiro atoms. The lowest BCUT2D eigenvalue weighted by molar-refractivity contribution is -0.141. The third-order valence-electron chi connectivity index (χ3n) is 5.25. The molecule has 1 amide bonds. The van der Waals surface area contributed by atoms with Crippen LogP contribution in [0.3, 0.4) is 0 Å². The molecule has 30 heavy (non-hydrogen) atoms. The number of piperidine rings is 1. The highest BCUT2D eigenvalue weighted by Crippen LogP contribution is 2.31. The van der Waals surface area contributed by atoms with E-state index >= 15 is 0 Å². The van der Waals surface area contributed by atoms with Gasteiger partial charge in [0.2, 0.25) is 0 Å². The predicted octanol–water partition coefficient (Wildman–Crippen LogP) is 4.08. The molecule has 1 saturated heterocycles. The van der Waals surface area contributed by atoms with Gasteiger partial charge in [0, 0.05) is 24.7 Å². The van der Waals surface area contributed by atoms with E-state index in [1.165, 1.54) is 12.1 Å². The number of alkyl halides is 3. The SMILES string of the molecule is Cc1cc(C(=O)N2CCC(c3ncc(C(F)(F)F)[nH]3)CC2)nn1-c1ccc(F)cc1. The number of carbonyl (C=O) groups is 1. The first-order valence-electron chi connectivity index (χ1n) is 9.46. The summed E-state index contributed by atoms with van der Waals surface area (Å²) >= 11 is 0. The molecule has 0 atom stereocenters. The maximum Gasteiger partial charge on any atom is 0.432 e. The zero-order valence-corrected chi connectivity index (χ0v) is 16.1. The van der Waals surface area contributed by atoms with Crippen molar-refractivity contribution in [3.63, 3.8) is 0 Å². The van der Waals surface area contributed by atoms with E-state index in [0.717, 1.165) is 11.9 Å². The van der Waals surface area contributed by atoms with Gasteiger partial charge in [-0.2, -0.15) is 18.3 Å². The van der Waals surface area contributed by atoms with E-state index < -0.39 is 11.9 Å². The van der Waals surface area contributed by atoms with Crippen LogP contribution in [0.25, 0.3) is 5.69 Å². The minimum Gasteiger partial charge on any atom is -0.338 e. The maximum atomic E-state index is 13.1. The number of nitrogens with zero attached hydrogens (tertiary/aromatic N) is 4. The summed E-state index contributed by atoms with van der Waals surface area (Å²) in [5, 5.41) is 4.35. The summed E-state index contributed by atoms with van der Waals surface area (Å²) in [6.07, 6.45) is -2.64. The molecule has 0 bridgehead atoms. The number of likely N-dealkylation sites (tertiary alicyclic amines) is 1. The number of hydrogen-bond donors (Lipinski definition) is 1. The fraction of sp³-hybridized carbons (Fsp3) is 0.350. The average molecular weight is 421 g/mol. The highest BCUT2D eigenvalue weighted by molar-refractivity contribution is 5.92. The molecule has 1 aromatic carbocycles. The van der Waals surface area contributed by atoms with Crippen molar-refractivity contribution in [2.75, 3.05) is 13.1 Å². The first-order valence-corrected chi connectivity index (χ1v) is 9.46. The van der Waals surface area contributed by atoms with E-state index in [0.29, 0.717) is 37.4 Å². The molecule has 0 unspecified atom stereocenters. The summed E-state index contributed by atoms with van der Waals surface area (Å²) in [6.45, 7) is 2.59. The Morgan fingerprint density at radius 1 is 1.17 bits per heavy atom. The smallest absolute Gasteiger partial charge is 0.338 e. The largest absolute Gasteiger partial charge is 0.432 e. The molecule has 10 heteroatoms. The topological polar surface area (TPSA) is 66.8 Å². The Hall–Kier alpha value is -3.17. The molecule has 1 aliphatic rings. The van der Waals surface area contributed by atoms with E-state index in [4.69, 9.17) is 0 Å². The van der Waals surface area contributed by atoms with Gasteiger partial charge in [-0.05, 0) is 50.1 Å². The molecule has 1 fully saturated rings. The van der Waals surface area contributed by atoms with Crippen LogP contribution < -0.4 is 0 Å². The molecular formula is C20H19F4N5O. The molecule has 0 radical (unpaired) electrons. The van der Waals surface area contributed by atoms with Crippen LogP contribution in [-0.4, -0.2) is 43.6 Å². The van der Waals surface area contributed by atoms with Gasteiger partial charge in [-0.25, -0.2) is 14.1 Å². The summed E-state index contributed by atoms with van der Waals surface area (Å²) in [5.41, 5.74) is 0.783. The monoisotopic (exact) mass is 421 g/mol. The number of amides is 1. The Morgan fingerprint density at radius 3 is 2.43 bits per heavy atom. The van der Waals surface area contributed by atoms with Crippen molar-refractivity contribution in [2.24, 2.45) is 0 Å². The van der Waals surface area contributed by atoms with Crippen LogP contribution >= 0.6 is 0 Å². The van der Waals surface area contributed by atoms with Crippen molar-refractivity contribution in [1.82, 2.24) is 24.6 Å². The second-order valence-electron chi connectivity index (χ2n) is 7.31. The Labute approximate surface area is 169 Å². The van der Waals surface area contributed by atoms with Crippen molar-refractivity contribution in [3.8, 4) is 5.69 Å². The zero-order valence-electron chi connectivity index (χ0n) is 16.1.